The molecule has 17 heavy (non-hydrogen) atoms. The molecule has 0 heterocycles. The van der Waals surface area contributed by atoms with Crippen molar-refractivity contribution in [2.75, 3.05) is 0 Å². The number of nitriles is 1. The van der Waals surface area contributed by atoms with E-state index < -0.39 is 5.97 Å². The van der Waals surface area contributed by atoms with Gasteiger partial charge in [0.2, 0.25) is 0 Å². The number of aliphatic carboxylic acids is 1. The quantitative estimate of drug-likeness (QED) is 0.372. The van der Waals surface area contributed by atoms with Gasteiger partial charge in [-0.2, -0.15) is 5.26 Å². The first-order valence-corrected chi connectivity index (χ1v) is 7.23. The molecule has 0 bridgehead atoms. The minimum atomic E-state index is -1.17. The molecular weight excluding hydrogens is 486 g/mol. The first-order chi connectivity index (χ1) is 7.88. The molecule has 0 unspecified atom stereocenters. The van der Waals surface area contributed by atoms with E-state index in [9.17, 15) is 4.79 Å². The van der Waals surface area contributed by atoms with Crippen molar-refractivity contribution in [3.63, 3.8) is 0 Å². The van der Waals surface area contributed by atoms with Crippen LogP contribution < -0.4 is 0 Å². The van der Waals surface area contributed by atoms with E-state index >= 15 is 0 Å². The fourth-order valence-corrected chi connectivity index (χ4v) is 3.57. The van der Waals surface area contributed by atoms with Crippen molar-refractivity contribution < 1.29 is 9.90 Å². The molecule has 0 atom stereocenters. The summed E-state index contributed by atoms with van der Waals surface area (Å²) in [5.74, 6) is -1.17. The van der Waals surface area contributed by atoms with Gasteiger partial charge in [-0.25, -0.2) is 4.79 Å². The molecule has 0 amide bonds. The fourth-order valence-electron chi connectivity index (χ4n) is 1.09. The van der Waals surface area contributed by atoms with Crippen LogP contribution in [0.4, 0.5) is 0 Å². The van der Waals surface area contributed by atoms with Gasteiger partial charge in [-0.15, -0.1) is 0 Å². The first-order valence-electron chi connectivity index (χ1n) is 4.06. The molecule has 0 aromatic heterocycles. The van der Waals surface area contributed by atoms with Crippen LogP contribution in [0.15, 0.2) is 30.0 Å². The summed E-state index contributed by atoms with van der Waals surface area (Å²) in [4.78, 5) is 10.7. The normalized spacial score (nSPS) is 11.1. The molecule has 0 spiro atoms. The van der Waals surface area contributed by atoms with Gasteiger partial charge in [-0.05, 0) is 69.8 Å². The minimum absolute atomic E-state index is 0.0539. The Bertz CT molecular complexity index is 534. The van der Waals surface area contributed by atoms with Crippen LogP contribution >= 0.6 is 63.7 Å². The van der Waals surface area contributed by atoms with Gasteiger partial charge in [0, 0.05) is 29.5 Å². The maximum Gasteiger partial charge on any atom is 0.329 e. The number of hydrogen-bond acceptors (Lipinski definition) is 2. The predicted molar refractivity (Wildman–Crippen MR) is 78.5 cm³/mol. The topological polar surface area (TPSA) is 61.1 Å². The summed E-state index contributed by atoms with van der Waals surface area (Å²) in [5, 5.41) is 17.7. The maximum atomic E-state index is 10.7. The molecule has 7 heteroatoms. The van der Waals surface area contributed by atoms with Crippen LogP contribution in [0.1, 0.15) is 5.56 Å². The molecule has 0 fully saturated rings. The van der Waals surface area contributed by atoms with Gasteiger partial charge in [0.05, 0.1) is 5.57 Å². The second-order valence-electron chi connectivity index (χ2n) is 2.85. The van der Waals surface area contributed by atoms with Crippen molar-refractivity contribution in [3.05, 3.63) is 35.6 Å². The molecule has 1 N–H and O–H groups in total. The number of benzene rings is 1. The van der Waals surface area contributed by atoms with Gasteiger partial charge in [-0.1, -0.05) is 0 Å². The van der Waals surface area contributed by atoms with Crippen molar-refractivity contribution >= 4 is 75.3 Å². The van der Waals surface area contributed by atoms with E-state index in [2.05, 4.69) is 63.7 Å². The molecule has 0 saturated heterocycles. The summed E-state index contributed by atoms with van der Waals surface area (Å²) >= 11 is 13.3. The highest BCUT2D eigenvalue weighted by Crippen LogP contribution is 2.41. The number of hydrogen-bond donors (Lipinski definition) is 1. The van der Waals surface area contributed by atoms with Crippen LogP contribution in [0.5, 0.6) is 0 Å². The molecule has 0 saturated carbocycles. The van der Waals surface area contributed by atoms with E-state index in [0.29, 0.717) is 23.5 Å². The first kappa shape index (κ1) is 14.9. The van der Waals surface area contributed by atoms with E-state index in [0.717, 1.165) is 6.08 Å². The van der Waals surface area contributed by atoms with E-state index in [-0.39, 0.29) is 5.57 Å². The van der Waals surface area contributed by atoms with Crippen molar-refractivity contribution in [3.8, 4) is 6.07 Å². The zero-order valence-corrected chi connectivity index (χ0v) is 14.3. The fraction of sp³-hybridized carbons (Fsp3) is 0. The highest BCUT2D eigenvalue weighted by molar-refractivity contribution is 9.14. The maximum absolute atomic E-state index is 10.7. The van der Waals surface area contributed by atoms with E-state index in [4.69, 9.17) is 10.4 Å². The number of rotatable bonds is 2. The molecule has 0 aliphatic carbocycles. The average Bonchev–Trinajstić information content (AvgIpc) is 2.24. The van der Waals surface area contributed by atoms with Crippen LogP contribution in [0.25, 0.3) is 5.57 Å². The Balaban J connectivity index is 3.61. The SMILES string of the molecule is N#CC(=CC(=O)O)c1c(Br)c(Br)cc(Br)c1Br. The van der Waals surface area contributed by atoms with Crippen molar-refractivity contribution in [2.45, 2.75) is 0 Å². The molecular formula is C10H3Br4NO2. The lowest BCUT2D eigenvalue weighted by Crippen LogP contribution is -1.94. The largest absolute Gasteiger partial charge is 0.478 e. The Morgan fingerprint density at radius 2 is 1.71 bits per heavy atom. The molecule has 0 aliphatic rings. The summed E-state index contributed by atoms with van der Waals surface area (Å²) in [5.41, 5.74) is 0.536. The van der Waals surface area contributed by atoms with E-state index in [1.807, 2.05) is 6.07 Å². The van der Waals surface area contributed by atoms with Gasteiger partial charge in [0.25, 0.3) is 0 Å². The van der Waals surface area contributed by atoms with Crippen LogP contribution in [0.2, 0.25) is 0 Å². The van der Waals surface area contributed by atoms with Crippen molar-refractivity contribution in [2.24, 2.45) is 0 Å². The standard InChI is InChI=1S/C10H3Br4NO2/c11-5-2-6(12)10(14)8(9(5)13)4(3-15)1-7(16)17/h1-2H,(H,16,17). The number of carboxylic acid groups (broad SMARTS) is 1. The second kappa shape index (κ2) is 6.14. The number of carboxylic acids is 1. The molecule has 88 valence electrons. The third-order valence-corrected chi connectivity index (χ3v) is 5.73. The van der Waals surface area contributed by atoms with Gasteiger partial charge >= 0.3 is 5.97 Å². The number of carbonyl (C=O) groups is 1. The lowest BCUT2D eigenvalue weighted by Gasteiger charge is -2.09. The Labute approximate surface area is 131 Å². The summed E-state index contributed by atoms with van der Waals surface area (Å²) < 4.78 is 2.66. The Morgan fingerprint density at radius 3 is 2.06 bits per heavy atom. The third kappa shape index (κ3) is 3.41. The third-order valence-electron chi connectivity index (χ3n) is 1.77. The molecule has 1 aromatic carbocycles. The summed E-state index contributed by atoms with van der Waals surface area (Å²) in [7, 11) is 0. The van der Waals surface area contributed by atoms with Crippen LogP contribution in [0, 0.1) is 11.3 Å². The van der Waals surface area contributed by atoms with Gasteiger partial charge < -0.3 is 5.11 Å². The smallest absolute Gasteiger partial charge is 0.329 e. The molecule has 1 aromatic rings. The summed E-state index contributed by atoms with van der Waals surface area (Å²) in [6.45, 7) is 0. The minimum Gasteiger partial charge on any atom is -0.478 e. The average molecular weight is 489 g/mol. The van der Waals surface area contributed by atoms with Gasteiger partial charge in [-0.3, -0.25) is 0 Å². The lowest BCUT2D eigenvalue weighted by molar-refractivity contribution is -0.131. The highest BCUT2D eigenvalue weighted by Gasteiger charge is 2.17. The molecule has 1 rings (SSSR count). The Hall–Kier alpha value is -0.160. The zero-order valence-electron chi connectivity index (χ0n) is 7.97. The Morgan fingerprint density at radius 1 is 1.24 bits per heavy atom. The highest BCUT2D eigenvalue weighted by atomic mass is 79.9. The lowest BCUT2D eigenvalue weighted by atomic mass is 10.1. The predicted octanol–water partition coefficient (Wildman–Crippen LogP) is 4.73. The number of nitrogens with zero attached hydrogens (tertiary/aromatic N) is 1. The van der Waals surface area contributed by atoms with Crippen LogP contribution in [0.3, 0.4) is 0 Å². The Kier molecular flexibility index (Phi) is 5.38. The van der Waals surface area contributed by atoms with Gasteiger partial charge in [0.15, 0.2) is 0 Å². The van der Waals surface area contributed by atoms with Crippen molar-refractivity contribution in [1.29, 1.82) is 5.26 Å². The van der Waals surface area contributed by atoms with Crippen molar-refractivity contribution in [1.82, 2.24) is 0 Å². The molecule has 3 nitrogen and oxygen atoms in total. The van der Waals surface area contributed by atoms with E-state index in [1.54, 1.807) is 6.07 Å². The van der Waals surface area contributed by atoms with Crippen LogP contribution in [-0.2, 0) is 4.79 Å². The molecule has 0 radical (unpaired) electrons. The second-order valence-corrected chi connectivity index (χ2v) is 6.15. The summed E-state index contributed by atoms with van der Waals surface area (Å²) in [6, 6.07) is 3.65. The van der Waals surface area contributed by atoms with Crippen LogP contribution in [-0.4, -0.2) is 11.1 Å². The monoisotopic (exact) mass is 485 g/mol. The van der Waals surface area contributed by atoms with E-state index in [1.165, 1.54) is 0 Å². The number of halogens is 4. The summed E-state index contributed by atoms with van der Waals surface area (Å²) in [6.07, 6.45) is 0.865. The number of allylic oxidation sites excluding steroid dienone is 1. The zero-order chi connectivity index (χ0) is 13.2. The molecule has 0 aliphatic heterocycles. The van der Waals surface area contributed by atoms with Gasteiger partial charge in [0.1, 0.15) is 6.07 Å².